The lowest BCUT2D eigenvalue weighted by molar-refractivity contribution is -0.132. The molecule has 0 spiro atoms. The van der Waals surface area contributed by atoms with E-state index >= 15 is 0 Å². The largest absolute Gasteiger partial charge is 0.424 e. The van der Waals surface area contributed by atoms with Gasteiger partial charge in [0, 0.05) is 17.6 Å². The summed E-state index contributed by atoms with van der Waals surface area (Å²) >= 11 is 12.4. The zero-order valence-electron chi connectivity index (χ0n) is 13.3. The molecular weight excluding hydrogens is 487 g/mol. The Morgan fingerprint density at radius 1 is 1.19 bits per heavy atom. The summed E-state index contributed by atoms with van der Waals surface area (Å²) in [4.78, 5) is 23.4. The molecule has 0 heterocycles. The zero-order valence-corrected chi connectivity index (χ0v) is 17.3. The third kappa shape index (κ3) is 5.43. The van der Waals surface area contributed by atoms with Crippen LogP contribution in [0.3, 0.4) is 0 Å². The van der Waals surface area contributed by atoms with Crippen molar-refractivity contribution in [3.05, 3.63) is 61.5 Å². The number of halogens is 3. The van der Waals surface area contributed by atoms with Gasteiger partial charge in [0.15, 0.2) is 5.75 Å². The minimum absolute atomic E-state index is 0.0843. The van der Waals surface area contributed by atoms with E-state index in [1.54, 1.807) is 36.4 Å². The minimum Gasteiger partial charge on any atom is -0.424 e. The Hall–Kier alpha value is -2.14. The highest BCUT2D eigenvalue weighted by Crippen LogP contribution is 2.35. The second-order valence-corrected chi connectivity index (χ2v) is 7.18. The van der Waals surface area contributed by atoms with Gasteiger partial charge < -0.3 is 10.1 Å². The van der Waals surface area contributed by atoms with Gasteiger partial charge in [-0.25, -0.2) is 0 Å². The maximum absolute atomic E-state index is 12.3. The van der Waals surface area contributed by atoms with Crippen molar-refractivity contribution in [2.24, 2.45) is 0 Å². The lowest BCUT2D eigenvalue weighted by atomic mass is 10.1. The van der Waals surface area contributed by atoms with Crippen LogP contribution in [0.2, 0.25) is 5.02 Å². The molecule has 0 saturated carbocycles. The van der Waals surface area contributed by atoms with Crippen LogP contribution < -0.4 is 10.1 Å². The monoisotopic (exact) mass is 496 g/mol. The first-order chi connectivity index (χ1) is 12.3. The van der Waals surface area contributed by atoms with Crippen LogP contribution in [0.25, 0.3) is 6.08 Å². The number of ether oxygens (including phenoxy) is 1. The Kier molecular flexibility index (Phi) is 6.98. The molecule has 132 valence electrons. The standard InChI is InChI=1S/C18H11Br2ClN2O3/c1-10(24)26-17-15(19)7-11(8-16(17)20)6-12(9-22)18(25)23-14-4-2-13(21)3-5-14/h2-8H,1H3,(H,23,25)/b12-6-. The van der Waals surface area contributed by atoms with Crippen LogP contribution in [0, 0.1) is 11.3 Å². The van der Waals surface area contributed by atoms with Crippen LogP contribution in [0.15, 0.2) is 50.9 Å². The third-order valence-electron chi connectivity index (χ3n) is 3.04. The zero-order chi connectivity index (χ0) is 19.3. The number of benzene rings is 2. The average molecular weight is 499 g/mol. The van der Waals surface area contributed by atoms with Gasteiger partial charge >= 0.3 is 5.97 Å². The Balaban J connectivity index is 2.27. The van der Waals surface area contributed by atoms with Gasteiger partial charge in [0.05, 0.1) is 8.95 Å². The van der Waals surface area contributed by atoms with Gasteiger partial charge in [-0.2, -0.15) is 5.26 Å². The van der Waals surface area contributed by atoms with Gasteiger partial charge in [-0.15, -0.1) is 0 Å². The molecule has 0 atom stereocenters. The van der Waals surface area contributed by atoms with Crippen LogP contribution in [0.5, 0.6) is 5.75 Å². The maximum Gasteiger partial charge on any atom is 0.308 e. The quantitative estimate of drug-likeness (QED) is 0.267. The van der Waals surface area contributed by atoms with E-state index in [1.807, 2.05) is 6.07 Å². The van der Waals surface area contributed by atoms with Gasteiger partial charge in [-0.05, 0) is 79.9 Å². The molecule has 0 bridgehead atoms. The number of hydrogen-bond acceptors (Lipinski definition) is 4. The summed E-state index contributed by atoms with van der Waals surface area (Å²) in [6.07, 6.45) is 1.43. The van der Waals surface area contributed by atoms with Gasteiger partial charge in [-0.1, -0.05) is 11.6 Å². The average Bonchev–Trinajstić information content (AvgIpc) is 2.57. The van der Waals surface area contributed by atoms with Gasteiger partial charge in [0.2, 0.25) is 0 Å². The Labute approximate surface area is 171 Å². The first-order valence-corrected chi connectivity index (χ1v) is 9.12. The molecule has 1 amide bonds. The Bertz CT molecular complexity index is 911. The number of nitriles is 1. The second-order valence-electron chi connectivity index (χ2n) is 5.04. The van der Waals surface area contributed by atoms with Crippen molar-refractivity contribution in [3.63, 3.8) is 0 Å². The van der Waals surface area contributed by atoms with Crippen molar-refractivity contribution in [2.45, 2.75) is 6.92 Å². The molecule has 1 N–H and O–H groups in total. The Morgan fingerprint density at radius 3 is 2.27 bits per heavy atom. The number of rotatable bonds is 4. The highest BCUT2D eigenvalue weighted by Gasteiger charge is 2.13. The summed E-state index contributed by atoms with van der Waals surface area (Å²) in [6, 6.07) is 11.7. The van der Waals surface area contributed by atoms with Crippen molar-refractivity contribution in [3.8, 4) is 11.8 Å². The summed E-state index contributed by atoms with van der Waals surface area (Å²) in [5.41, 5.74) is 1.01. The lowest BCUT2D eigenvalue weighted by Gasteiger charge is -2.09. The molecule has 0 aliphatic rings. The van der Waals surface area contributed by atoms with Crippen LogP contribution in [-0.2, 0) is 9.59 Å². The number of nitrogens with one attached hydrogen (secondary N) is 1. The van der Waals surface area contributed by atoms with E-state index in [4.69, 9.17) is 16.3 Å². The molecule has 0 aromatic heterocycles. The van der Waals surface area contributed by atoms with E-state index in [-0.39, 0.29) is 5.57 Å². The molecule has 2 aromatic carbocycles. The molecule has 2 aromatic rings. The highest BCUT2D eigenvalue weighted by atomic mass is 79.9. The Morgan fingerprint density at radius 2 is 1.77 bits per heavy atom. The summed E-state index contributed by atoms with van der Waals surface area (Å²) in [6.45, 7) is 1.29. The number of anilines is 1. The smallest absolute Gasteiger partial charge is 0.308 e. The molecule has 0 aliphatic heterocycles. The van der Waals surface area contributed by atoms with E-state index in [0.29, 0.717) is 31.0 Å². The molecule has 26 heavy (non-hydrogen) atoms. The topological polar surface area (TPSA) is 79.2 Å². The summed E-state index contributed by atoms with van der Waals surface area (Å²) < 4.78 is 6.10. The number of carbonyl (C=O) groups excluding carboxylic acids is 2. The van der Waals surface area contributed by atoms with E-state index < -0.39 is 11.9 Å². The molecule has 8 heteroatoms. The van der Waals surface area contributed by atoms with Gasteiger partial charge in [0.1, 0.15) is 11.6 Å². The summed E-state index contributed by atoms with van der Waals surface area (Å²) in [7, 11) is 0. The fourth-order valence-electron chi connectivity index (χ4n) is 1.95. The molecule has 0 fully saturated rings. The number of carbonyl (C=O) groups is 2. The predicted octanol–water partition coefficient (Wildman–Crippen LogP) is 5.34. The predicted molar refractivity (Wildman–Crippen MR) is 107 cm³/mol. The van der Waals surface area contributed by atoms with Crippen molar-refractivity contribution >= 4 is 67.1 Å². The molecule has 0 saturated heterocycles. The normalized spacial score (nSPS) is 10.8. The van der Waals surface area contributed by atoms with E-state index in [2.05, 4.69) is 37.2 Å². The van der Waals surface area contributed by atoms with E-state index in [0.717, 1.165) is 0 Å². The van der Waals surface area contributed by atoms with Crippen molar-refractivity contribution < 1.29 is 14.3 Å². The van der Waals surface area contributed by atoms with E-state index in [1.165, 1.54) is 13.0 Å². The summed E-state index contributed by atoms with van der Waals surface area (Å²) in [5.74, 6) is -0.695. The SMILES string of the molecule is CC(=O)Oc1c(Br)cc(/C=C(/C#N)C(=O)Nc2ccc(Cl)cc2)cc1Br. The number of hydrogen-bond donors (Lipinski definition) is 1. The minimum atomic E-state index is -0.550. The van der Waals surface area contributed by atoms with E-state index in [9.17, 15) is 14.9 Å². The third-order valence-corrected chi connectivity index (χ3v) is 4.47. The highest BCUT2D eigenvalue weighted by molar-refractivity contribution is 9.11. The van der Waals surface area contributed by atoms with Gasteiger partial charge in [0.25, 0.3) is 5.91 Å². The number of amides is 1. The first kappa shape index (κ1) is 20.2. The molecule has 5 nitrogen and oxygen atoms in total. The van der Waals surface area contributed by atoms with Crippen LogP contribution in [-0.4, -0.2) is 11.9 Å². The number of esters is 1. The second kappa shape index (κ2) is 8.99. The molecule has 0 radical (unpaired) electrons. The maximum atomic E-state index is 12.3. The summed E-state index contributed by atoms with van der Waals surface area (Å²) in [5, 5.41) is 12.5. The molecular formula is C18H11Br2ClN2O3. The van der Waals surface area contributed by atoms with Crippen molar-refractivity contribution in [1.82, 2.24) is 0 Å². The van der Waals surface area contributed by atoms with Crippen LogP contribution in [0.4, 0.5) is 5.69 Å². The first-order valence-electron chi connectivity index (χ1n) is 7.16. The van der Waals surface area contributed by atoms with Crippen molar-refractivity contribution in [2.75, 3.05) is 5.32 Å². The molecule has 2 rings (SSSR count). The lowest BCUT2D eigenvalue weighted by Crippen LogP contribution is -2.13. The fourth-order valence-corrected chi connectivity index (χ4v) is 3.46. The molecule has 0 aliphatic carbocycles. The van der Waals surface area contributed by atoms with Crippen LogP contribution >= 0.6 is 43.5 Å². The van der Waals surface area contributed by atoms with Crippen molar-refractivity contribution in [1.29, 1.82) is 5.26 Å². The van der Waals surface area contributed by atoms with Gasteiger partial charge in [-0.3, -0.25) is 9.59 Å². The fraction of sp³-hybridized carbons (Fsp3) is 0.0556. The number of nitrogens with zero attached hydrogens (tertiary/aromatic N) is 1. The molecule has 0 unspecified atom stereocenters. The van der Waals surface area contributed by atoms with Crippen LogP contribution in [0.1, 0.15) is 12.5 Å².